The number of phenolic OH excluding ortho intramolecular Hbond substituents is 1. The van der Waals surface area contributed by atoms with Gasteiger partial charge in [0, 0.05) is 22.9 Å². The number of nitrogens with one attached hydrogen (secondary N) is 1. The third-order valence-electron chi connectivity index (χ3n) is 9.62. The van der Waals surface area contributed by atoms with E-state index in [2.05, 4.69) is 65.1 Å². The van der Waals surface area contributed by atoms with Gasteiger partial charge in [-0.2, -0.15) is 0 Å². The van der Waals surface area contributed by atoms with E-state index in [1.165, 1.54) is 17.2 Å². The van der Waals surface area contributed by atoms with Gasteiger partial charge in [0.1, 0.15) is 42.0 Å². The van der Waals surface area contributed by atoms with E-state index in [1.807, 2.05) is 0 Å². The normalized spacial score (nSPS) is 11.6. The molecule has 0 heterocycles. The Bertz CT molecular complexity index is 1760. The highest BCUT2D eigenvalue weighted by Gasteiger charge is 2.26. The maximum absolute atomic E-state index is 13.2. The second-order valence-corrected chi connectivity index (χ2v) is 13.8. The number of hydrogen-bond acceptors (Lipinski definition) is 8. The fourth-order valence-electron chi connectivity index (χ4n) is 5.49. The Balaban J connectivity index is 1.29. The van der Waals surface area contributed by atoms with Crippen LogP contribution in [-0.4, -0.2) is 57.1 Å². The molecule has 0 atom stereocenters. The van der Waals surface area contributed by atoms with Gasteiger partial charge in [0.15, 0.2) is 6.61 Å². The lowest BCUT2D eigenvalue weighted by Gasteiger charge is -2.30. The van der Waals surface area contributed by atoms with Crippen molar-refractivity contribution < 1.29 is 38.4 Å². The molecule has 0 aromatic heterocycles. The van der Waals surface area contributed by atoms with Crippen LogP contribution in [0.2, 0.25) is 0 Å². The molecule has 274 valence electrons. The van der Waals surface area contributed by atoms with Crippen molar-refractivity contribution in [2.75, 3.05) is 40.1 Å². The molecule has 2 N–H and O–H groups in total. The van der Waals surface area contributed by atoms with Crippen LogP contribution in [0, 0.1) is 0 Å². The van der Waals surface area contributed by atoms with Crippen molar-refractivity contribution in [1.29, 1.82) is 0 Å². The van der Waals surface area contributed by atoms with Gasteiger partial charge in [-0.05, 0) is 78.5 Å². The largest absolute Gasteiger partial charge is 0.506 e. The molecular formula is C42H53NO8. The molecule has 0 aliphatic carbocycles. The maximum Gasteiger partial charge on any atom is 0.344 e. The minimum atomic E-state index is -0.593. The molecule has 4 rings (SSSR count). The molecule has 0 bridgehead atoms. The van der Waals surface area contributed by atoms with Crippen LogP contribution in [-0.2, 0) is 20.4 Å². The van der Waals surface area contributed by atoms with Gasteiger partial charge in [0.2, 0.25) is 0 Å². The van der Waals surface area contributed by atoms with Crippen molar-refractivity contribution in [3.63, 3.8) is 0 Å². The number of amides is 1. The average molecular weight is 700 g/mol. The van der Waals surface area contributed by atoms with E-state index in [9.17, 15) is 14.7 Å². The molecule has 0 spiro atoms. The molecule has 0 saturated heterocycles. The van der Waals surface area contributed by atoms with Gasteiger partial charge in [-0.1, -0.05) is 77.9 Å². The Morgan fingerprint density at radius 2 is 1.41 bits per heavy atom. The minimum absolute atomic E-state index is 0.0266. The average Bonchev–Trinajstić information content (AvgIpc) is 3.14. The van der Waals surface area contributed by atoms with Crippen LogP contribution in [0.3, 0.4) is 0 Å². The molecule has 4 aromatic rings. The second-order valence-electron chi connectivity index (χ2n) is 13.8. The van der Waals surface area contributed by atoms with E-state index in [0.717, 1.165) is 25.0 Å². The number of esters is 1. The predicted molar refractivity (Wildman–Crippen MR) is 201 cm³/mol. The summed E-state index contributed by atoms with van der Waals surface area (Å²) in [4.78, 5) is 25.7. The lowest BCUT2D eigenvalue weighted by molar-refractivity contribution is -0.146. The lowest BCUT2D eigenvalue weighted by atomic mass is 9.76. The molecular weight excluding hydrogens is 646 g/mol. The summed E-state index contributed by atoms with van der Waals surface area (Å²) in [5.74, 6) is 1.34. The van der Waals surface area contributed by atoms with Gasteiger partial charge >= 0.3 is 5.97 Å². The van der Waals surface area contributed by atoms with E-state index < -0.39 is 11.9 Å². The number of rotatable bonds is 19. The number of phenols is 1. The number of benzene rings is 4. The molecule has 0 unspecified atom stereocenters. The van der Waals surface area contributed by atoms with Crippen molar-refractivity contribution in [2.24, 2.45) is 0 Å². The number of aromatic hydroxyl groups is 1. The summed E-state index contributed by atoms with van der Waals surface area (Å²) in [6, 6.07) is 22.1. The number of carbonyl (C=O) groups excluding carboxylic acids is 2. The first-order valence-corrected chi connectivity index (χ1v) is 17.8. The van der Waals surface area contributed by atoms with E-state index in [0.29, 0.717) is 41.8 Å². The van der Waals surface area contributed by atoms with E-state index in [1.54, 1.807) is 55.6 Å². The Morgan fingerprint density at radius 1 is 0.725 bits per heavy atom. The molecule has 9 nitrogen and oxygen atoms in total. The van der Waals surface area contributed by atoms with Gasteiger partial charge in [0.05, 0.1) is 19.3 Å². The van der Waals surface area contributed by atoms with Gasteiger partial charge in [-0.3, -0.25) is 4.79 Å². The van der Waals surface area contributed by atoms with Crippen molar-refractivity contribution in [3.05, 3.63) is 89.5 Å². The van der Waals surface area contributed by atoms with Gasteiger partial charge in [0.25, 0.3) is 5.91 Å². The molecule has 0 saturated carbocycles. The third kappa shape index (κ3) is 10.3. The van der Waals surface area contributed by atoms with Gasteiger partial charge in [-0.15, -0.1) is 0 Å². The predicted octanol–water partition coefficient (Wildman–Crippen LogP) is 8.52. The number of methoxy groups -OCH3 is 1. The molecule has 1 amide bonds. The molecule has 9 heteroatoms. The highest BCUT2D eigenvalue weighted by atomic mass is 16.6. The fourth-order valence-corrected chi connectivity index (χ4v) is 5.49. The smallest absolute Gasteiger partial charge is 0.344 e. The van der Waals surface area contributed by atoms with Gasteiger partial charge < -0.3 is 34.1 Å². The summed E-state index contributed by atoms with van der Waals surface area (Å²) < 4.78 is 28.1. The van der Waals surface area contributed by atoms with E-state index in [-0.39, 0.29) is 47.7 Å². The Labute approximate surface area is 302 Å². The molecule has 0 aliphatic heterocycles. The zero-order chi connectivity index (χ0) is 37.0. The summed E-state index contributed by atoms with van der Waals surface area (Å²) in [5, 5.41) is 14.9. The highest BCUT2D eigenvalue weighted by molar-refractivity contribution is 6.05. The summed E-state index contributed by atoms with van der Waals surface area (Å²) in [6.07, 6.45) is 3.46. The molecule has 51 heavy (non-hydrogen) atoms. The standard InChI is InChI=1S/C42H53NO8/c1-8-41(3,4)29-16-21-36(35(26-29)42(5,6)9-2)49-23-13-12-22-43-40(46)34-27-37(32-14-10-11-15-33(32)39(34)45)51-28-38(44)50-25-24-48-31-19-17-30(47-7)18-20-31/h10-11,14-21,26-27,45H,8-9,12-13,22-25,28H2,1-7H3,(H,43,46). The van der Waals surface area contributed by atoms with E-state index in [4.69, 9.17) is 23.7 Å². The molecule has 0 radical (unpaired) electrons. The molecule has 4 aromatic carbocycles. The SMILES string of the molecule is CCC(C)(C)c1ccc(OCCCCNC(=O)c2cc(OCC(=O)OCCOc3ccc(OC)cc3)c3ccccc3c2O)c(C(C)(C)CC)c1. The Morgan fingerprint density at radius 3 is 2.10 bits per heavy atom. The number of fused-ring (bicyclic) bond motifs is 1. The van der Waals surface area contributed by atoms with Crippen LogP contribution in [0.4, 0.5) is 0 Å². The lowest BCUT2D eigenvalue weighted by Crippen LogP contribution is -2.25. The monoisotopic (exact) mass is 699 g/mol. The van der Waals surface area contributed by atoms with Crippen molar-refractivity contribution >= 4 is 22.6 Å². The first-order chi connectivity index (χ1) is 24.4. The number of carbonyl (C=O) groups is 2. The zero-order valence-corrected chi connectivity index (χ0v) is 31.1. The highest BCUT2D eigenvalue weighted by Crippen LogP contribution is 2.39. The van der Waals surface area contributed by atoms with E-state index >= 15 is 0 Å². The van der Waals surface area contributed by atoms with Crippen LogP contribution in [0.15, 0.2) is 72.8 Å². The minimum Gasteiger partial charge on any atom is -0.506 e. The summed E-state index contributed by atoms with van der Waals surface area (Å²) in [7, 11) is 1.59. The van der Waals surface area contributed by atoms with Crippen molar-refractivity contribution in [2.45, 2.75) is 78.1 Å². The summed E-state index contributed by atoms with van der Waals surface area (Å²) >= 11 is 0. The second kappa shape index (κ2) is 17.8. The van der Waals surface area contributed by atoms with Crippen molar-refractivity contribution in [3.8, 4) is 28.7 Å². The van der Waals surface area contributed by atoms with Crippen LogP contribution in [0.25, 0.3) is 10.8 Å². The number of hydrogen-bond donors (Lipinski definition) is 2. The number of ether oxygens (including phenoxy) is 5. The van der Waals surface area contributed by atoms with Crippen LogP contribution in [0.1, 0.15) is 88.7 Å². The zero-order valence-electron chi connectivity index (χ0n) is 31.1. The van der Waals surface area contributed by atoms with Crippen molar-refractivity contribution in [1.82, 2.24) is 5.32 Å². The Hall–Kier alpha value is -4.92. The number of unbranched alkanes of at least 4 members (excludes halogenated alkanes) is 1. The summed E-state index contributed by atoms with van der Waals surface area (Å²) in [6.45, 7) is 14.2. The van der Waals surface area contributed by atoms with Crippen LogP contribution >= 0.6 is 0 Å². The first-order valence-electron chi connectivity index (χ1n) is 17.8. The van der Waals surface area contributed by atoms with Crippen LogP contribution < -0.4 is 24.3 Å². The third-order valence-corrected chi connectivity index (χ3v) is 9.62. The molecule has 0 aliphatic rings. The quantitative estimate of drug-likeness (QED) is 0.0740. The Kier molecular flexibility index (Phi) is 13.6. The van der Waals surface area contributed by atoms with Crippen LogP contribution in [0.5, 0.6) is 28.7 Å². The fraction of sp³-hybridized carbons (Fsp3) is 0.429. The first kappa shape index (κ1) is 38.9. The molecule has 0 fully saturated rings. The maximum atomic E-state index is 13.2. The van der Waals surface area contributed by atoms with Gasteiger partial charge in [-0.25, -0.2) is 4.79 Å². The topological polar surface area (TPSA) is 113 Å². The summed E-state index contributed by atoms with van der Waals surface area (Å²) in [5.41, 5.74) is 2.65.